The van der Waals surface area contributed by atoms with Crippen LogP contribution in [-0.2, 0) is 0 Å². The van der Waals surface area contributed by atoms with Crippen molar-refractivity contribution in [1.29, 1.82) is 0 Å². The lowest BCUT2D eigenvalue weighted by Gasteiger charge is -2.15. The molecule has 0 radical (unpaired) electrons. The van der Waals surface area contributed by atoms with Gasteiger partial charge in [-0.3, -0.25) is 0 Å². The summed E-state index contributed by atoms with van der Waals surface area (Å²) >= 11 is 65.7. The highest BCUT2D eigenvalue weighted by atomic mass is 35.5. The van der Waals surface area contributed by atoms with Crippen molar-refractivity contribution in [3.8, 4) is 0 Å². The summed E-state index contributed by atoms with van der Waals surface area (Å²) in [5, 5.41) is 17.8. The Kier molecular flexibility index (Phi) is 19.4. The highest BCUT2D eigenvalue weighted by molar-refractivity contribution is 6.37. The number of hydrogen-bond donors (Lipinski definition) is 2. The molecule has 7 aromatic rings. The van der Waals surface area contributed by atoms with Gasteiger partial charge in [-0.2, -0.15) is 15.3 Å². The Morgan fingerprint density at radius 3 is 1.32 bits per heavy atom. The van der Waals surface area contributed by atoms with E-state index in [1.54, 1.807) is 54.9 Å². The van der Waals surface area contributed by atoms with Crippen LogP contribution in [0.3, 0.4) is 0 Å². The number of halogens is 11. The fourth-order valence-electron chi connectivity index (χ4n) is 5.79. The van der Waals surface area contributed by atoms with E-state index in [0.29, 0.717) is 63.7 Å². The first-order valence-corrected chi connectivity index (χ1v) is 23.1. The third-order valence-corrected chi connectivity index (χ3v) is 11.9. The van der Waals surface area contributed by atoms with Crippen LogP contribution in [0.4, 0.5) is 0 Å². The Morgan fingerprint density at radius 2 is 0.923 bits per heavy atom. The summed E-state index contributed by atoms with van der Waals surface area (Å²) in [5.41, 5.74) is 13.0. The second kappa shape index (κ2) is 24.0. The van der Waals surface area contributed by atoms with E-state index in [0.717, 1.165) is 27.9 Å². The third kappa shape index (κ3) is 14.3. The van der Waals surface area contributed by atoms with E-state index < -0.39 is 0 Å². The van der Waals surface area contributed by atoms with Gasteiger partial charge >= 0.3 is 0 Å². The van der Waals surface area contributed by atoms with Crippen molar-refractivity contribution in [2.75, 3.05) is 0 Å². The number of aryl methyl sites for hydroxylation is 1. The van der Waals surface area contributed by atoms with E-state index in [9.17, 15) is 0 Å². The van der Waals surface area contributed by atoms with E-state index in [2.05, 4.69) is 56.1 Å². The summed E-state index contributed by atoms with van der Waals surface area (Å²) in [5.74, 6) is 0. The van der Waals surface area contributed by atoms with Crippen LogP contribution in [0.25, 0.3) is 11.2 Å². The minimum absolute atomic E-state index is 0.112. The molecule has 0 aliphatic rings. The summed E-state index contributed by atoms with van der Waals surface area (Å²) in [7, 11) is 0. The molecule has 65 heavy (non-hydrogen) atoms. The monoisotopic (exact) mass is 1090 g/mol. The van der Waals surface area contributed by atoms with Crippen LogP contribution in [-0.4, -0.2) is 51.1 Å². The molecule has 0 spiro atoms. The van der Waals surface area contributed by atoms with Gasteiger partial charge in [-0.15, -0.1) is 0 Å². The van der Waals surface area contributed by atoms with Gasteiger partial charge in [0.2, 0.25) is 0 Å². The minimum atomic E-state index is -0.112. The van der Waals surface area contributed by atoms with E-state index in [-0.39, 0.29) is 38.7 Å². The molecule has 0 saturated carbocycles. The number of fused-ring (bicyclic) bond motifs is 1. The van der Waals surface area contributed by atoms with Crippen molar-refractivity contribution in [2.45, 2.75) is 59.7 Å². The van der Waals surface area contributed by atoms with Gasteiger partial charge in [-0.1, -0.05) is 146 Å². The topological polar surface area (TPSA) is 144 Å². The first-order valence-electron chi connectivity index (χ1n) is 18.9. The highest BCUT2D eigenvalue weighted by Crippen LogP contribution is 2.31. The van der Waals surface area contributed by atoms with Crippen molar-refractivity contribution in [2.24, 2.45) is 10.2 Å². The lowest BCUT2D eigenvalue weighted by atomic mass is 10.1. The largest absolute Gasteiger partial charge is 0.302 e. The van der Waals surface area contributed by atoms with Crippen LogP contribution >= 0.6 is 128 Å². The van der Waals surface area contributed by atoms with Crippen LogP contribution in [0, 0.1) is 6.92 Å². The predicted octanol–water partition coefficient (Wildman–Crippen LogP) is 15.0. The van der Waals surface area contributed by atoms with Crippen molar-refractivity contribution in [3.63, 3.8) is 0 Å². The van der Waals surface area contributed by atoms with Gasteiger partial charge in [0.1, 0.15) is 32.4 Å². The zero-order valence-corrected chi connectivity index (χ0v) is 43.1. The normalized spacial score (nSPS) is 13.0. The molecule has 0 amide bonds. The number of nitrogens with one attached hydrogen (secondary N) is 2. The second-order valence-corrected chi connectivity index (χ2v) is 18.2. The molecule has 4 aromatic heterocycles. The zero-order valence-electron chi connectivity index (χ0n) is 34.8. The molecule has 12 nitrogen and oxygen atoms in total. The zero-order chi connectivity index (χ0) is 47.7. The Labute approximate surface area is 430 Å². The lowest BCUT2D eigenvalue weighted by molar-refractivity contribution is 0.575. The summed E-state index contributed by atoms with van der Waals surface area (Å²) in [6.07, 6.45) is 4.35. The molecular formula is C42H35Cl11N12. The Balaban J connectivity index is 0.000000183. The first kappa shape index (κ1) is 52.5. The number of benzene rings is 3. The first-order chi connectivity index (χ1) is 30.7. The molecule has 0 saturated heterocycles. The maximum atomic E-state index is 6.28. The fourth-order valence-corrected chi connectivity index (χ4v) is 8.53. The van der Waals surface area contributed by atoms with Gasteiger partial charge in [0, 0.05) is 30.1 Å². The van der Waals surface area contributed by atoms with Gasteiger partial charge in [0.25, 0.3) is 0 Å². The van der Waals surface area contributed by atoms with Crippen LogP contribution in [0.5, 0.6) is 0 Å². The van der Waals surface area contributed by atoms with Crippen molar-refractivity contribution >= 4 is 150 Å². The highest BCUT2D eigenvalue weighted by Gasteiger charge is 2.19. The summed E-state index contributed by atoms with van der Waals surface area (Å²) < 4.78 is 1.78. The van der Waals surface area contributed by atoms with Gasteiger partial charge in [-0.05, 0) is 94.6 Å². The fraction of sp³-hybridized carbons (Fsp3) is 0.214. The van der Waals surface area contributed by atoms with Gasteiger partial charge in [0.15, 0.2) is 16.0 Å². The smallest absolute Gasteiger partial charge is 0.179 e. The van der Waals surface area contributed by atoms with E-state index >= 15 is 0 Å². The van der Waals surface area contributed by atoms with Crippen molar-refractivity contribution in [3.05, 3.63) is 163 Å². The van der Waals surface area contributed by atoms with Crippen LogP contribution in [0.15, 0.2) is 83.4 Å². The molecule has 3 aromatic carbocycles. The number of rotatable bonds is 10. The number of hydrazone groups is 2. The van der Waals surface area contributed by atoms with E-state index in [1.165, 1.54) is 18.6 Å². The molecule has 0 fully saturated rings. The molecule has 340 valence electrons. The van der Waals surface area contributed by atoms with E-state index in [4.69, 9.17) is 128 Å². The SMILES string of the molecule is C/C(=N/N[C@H](C)c1ccc(Cl)cc1Cl)c1ncc(Cl)nc1Cl.C/C(=N\N[C@H](C)c1ccc(Cl)cc1Cl)c1ncc(Cl)nc1Cl.Cc1nn([C@H](C)c2ccc(Cl)cc2Cl)c2nc(Cl)cnc12. The van der Waals surface area contributed by atoms with E-state index in [1.807, 2.05) is 45.9 Å². The van der Waals surface area contributed by atoms with Gasteiger partial charge < -0.3 is 10.9 Å². The van der Waals surface area contributed by atoms with Crippen molar-refractivity contribution in [1.82, 2.24) is 50.5 Å². The Hall–Kier alpha value is -3.50. The quantitative estimate of drug-likeness (QED) is 0.101. The number of nitrogens with zero attached hydrogens (tertiary/aromatic N) is 10. The van der Waals surface area contributed by atoms with Crippen molar-refractivity contribution < 1.29 is 0 Å². The molecule has 7 rings (SSSR count). The summed E-state index contributed by atoms with van der Waals surface area (Å²) in [6, 6.07) is 15.7. The van der Waals surface area contributed by atoms with Crippen LogP contribution in [0.2, 0.25) is 55.9 Å². The molecule has 0 aliphatic carbocycles. The average molecular weight is 1100 g/mol. The molecular weight excluding hydrogens is 1060 g/mol. The van der Waals surface area contributed by atoms with Crippen LogP contribution in [0.1, 0.15) is 86.5 Å². The molecule has 3 atom stereocenters. The van der Waals surface area contributed by atoms with Gasteiger partial charge in [0.05, 0.1) is 53.8 Å². The lowest BCUT2D eigenvalue weighted by Crippen LogP contribution is -2.16. The molecule has 4 heterocycles. The molecule has 0 bridgehead atoms. The maximum Gasteiger partial charge on any atom is 0.179 e. The van der Waals surface area contributed by atoms with Gasteiger partial charge in [-0.25, -0.2) is 34.6 Å². The minimum Gasteiger partial charge on any atom is -0.302 e. The molecule has 0 unspecified atom stereocenters. The second-order valence-electron chi connectivity index (χ2n) is 13.8. The summed E-state index contributed by atoms with van der Waals surface area (Å²) in [6.45, 7) is 11.3. The van der Waals surface area contributed by atoms with Crippen LogP contribution < -0.4 is 10.9 Å². The Bertz CT molecular complexity index is 2750. The molecule has 23 heteroatoms. The summed E-state index contributed by atoms with van der Waals surface area (Å²) in [4.78, 5) is 24.7. The number of hydrogen-bond acceptors (Lipinski definition) is 11. The molecule has 2 N–H and O–H groups in total. The number of aromatic nitrogens is 8. The Morgan fingerprint density at radius 1 is 0.538 bits per heavy atom. The molecule has 0 aliphatic heterocycles. The maximum absolute atomic E-state index is 6.28. The predicted molar refractivity (Wildman–Crippen MR) is 270 cm³/mol. The standard InChI is InChI=1S/2C14H12Cl4N4.C14H11Cl3N4/c2*1-7(10-4-3-9(15)5-11(10)16)21-22-8(2)13-14(18)20-12(17)6-19-13;1-7-13-14(19-12(17)6-18-13)21(20-7)8(2)10-4-3-9(15)5-11(10)16/h2*3-7,21H,1-2H3;3-6,8H,1-2H3/b22-8+;22-8-;/t2*7-;8-/m111/s1. The third-order valence-electron chi connectivity index (χ3n) is 9.12. The average Bonchev–Trinajstić information content (AvgIpc) is 3.56.